The molecule has 0 spiro atoms. The van der Waals surface area contributed by atoms with Crippen molar-refractivity contribution < 1.29 is 14.0 Å². The first-order valence-corrected chi connectivity index (χ1v) is 14.4. The van der Waals surface area contributed by atoms with Gasteiger partial charge < -0.3 is 15.1 Å². The van der Waals surface area contributed by atoms with Gasteiger partial charge in [0.2, 0.25) is 8.32 Å². The molecule has 2 aromatic heterocycles. The highest BCUT2D eigenvalue weighted by Gasteiger charge is 2.18. The minimum atomic E-state index is -1.76. The lowest BCUT2D eigenvalue weighted by atomic mass is 10.2. The molecule has 0 unspecified atom stereocenters. The highest BCUT2D eigenvalue weighted by molar-refractivity contribution is 6.70. The maximum Gasteiger partial charge on any atom is 0.346 e. The fourth-order valence-corrected chi connectivity index (χ4v) is 3.38. The fraction of sp³-hybridized carbons (Fsp3) is 0.120. The van der Waals surface area contributed by atoms with Crippen LogP contribution in [0, 0.1) is 0 Å². The Morgan fingerprint density at radius 1 is 0.778 bits per heavy atom. The second kappa shape index (κ2) is 12.2. The van der Waals surface area contributed by atoms with Crippen LogP contribution in [-0.2, 0) is 0 Å². The molecule has 0 aliphatic rings. The number of rotatable bonds is 6. The summed E-state index contributed by atoms with van der Waals surface area (Å²) in [7, 11) is -1.76. The normalized spacial score (nSPS) is 10.4. The number of carbonyl (C=O) groups excluding carboxylic acids is 2. The fourth-order valence-electron chi connectivity index (χ4n) is 2.74. The first-order chi connectivity index (χ1) is 17.2. The van der Waals surface area contributed by atoms with E-state index in [4.69, 9.17) is 4.43 Å². The van der Waals surface area contributed by atoms with E-state index in [-0.39, 0.29) is 11.8 Å². The molecule has 0 radical (unpaired) electrons. The zero-order valence-corrected chi connectivity index (χ0v) is 21.1. The van der Waals surface area contributed by atoms with Gasteiger partial charge in [-0.3, -0.25) is 14.6 Å². The molecule has 0 aliphatic heterocycles. The molecule has 36 heavy (non-hydrogen) atoms. The number of carbonyl (C=O) groups is 2. The van der Waals surface area contributed by atoms with Crippen LogP contribution >= 0.6 is 0 Å². The number of benzene rings is 2. The maximum absolute atomic E-state index is 12.0. The summed E-state index contributed by atoms with van der Waals surface area (Å²) in [5.74, 6) is 0.279. The van der Waals surface area contributed by atoms with E-state index in [1.54, 1.807) is 48.7 Å². The van der Waals surface area contributed by atoms with Crippen molar-refractivity contribution in [1.82, 2.24) is 19.9 Å². The van der Waals surface area contributed by atoms with Gasteiger partial charge in [0.15, 0.2) is 0 Å². The number of hydrogen-bond donors (Lipinski definition) is 3. The molecule has 0 aliphatic carbocycles. The van der Waals surface area contributed by atoms with E-state index in [2.05, 4.69) is 30.6 Å². The lowest BCUT2D eigenvalue weighted by Gasteiger charge is -2.17. The van der Waals surface area contributed by atoms with Crippen LogP contribution in [0.4, 0.5) is 11.6 Å². The van der Waals surface area contributed by atoms with Crippen LogP contribution in [-0.4, -0.2) is 40.1 Å². The van der Waals surface area contributed by atoms with Crippen molar-refractivity contribution in [2.24, 2.45) is 0 Å². The molecule has 2 heterocycles. The lowest BCUT2D eigenvalue weighted by Crippen LogP contribution is -2.30. The lowest BCUT2D eigenvalue weighted by molar-refractivity contribution is 0.101. The summed E-state index contributed by atoms with van der Waals surface area (Å²) < 4.78 is 5.69. The number of amides is 2. The summed E-state index contributed by atoms with van der Waals surface area (Å²) in [5.41, 5.74) is 0.616. The van der Waals surface area contributed by atoms with Gasteiger partial charge in [0.1, 0.15) is 11.6 Å². The van der Waals surface area contributed by atoms with Crippen LogP contribution in [0.2, 0.25) is 19.6 Å². The van der Waals surface area contributed by atoms with Gasteiger partial charge in [0.05, 0.1) is 0 Å². The minimum absolute atomic E-state index is 0.205. The molecule has 10 nitrogen and oxygen atoms in total. The van der Waals surface area contributed by atoms with Gasteiger partial charge in [-0.05, 0) is 56.0 Å². The SMILES string of the molecule is C[Si](C)(C)Oc1nccc(NC(=O)c2ccccc2)n1.O=C(Nc1ccnc(=O)[nH]1)c1ccccc1. The number of anilines is 2. The van der Waals surface area contributed by atoms with Crippen molar-refractivity contribution in [3.63, 3.8) is 0 Å². The first kappa shape index (κ1) is 26.0. The molecule has 0 saturated carbocycles. The highest BCUT2D eigenvalue weighted by atomic mass is 28.4. The van der Waals surface area contributed by atoms with Gasteiger partial charge in [-0.15, -0.1) is 0 Å². The largest absolute Gasteiger partial charge is 0.518 e. The number of aromatic amines is 1. The van der Waals surface area contributed by atoms with Crippen molar-refractivity contribution in [3.05, 3.63) is 107 Å². The van der Waals surface area contributed by atoms with Crippen LogP contribution in [0.1, 0.15) is 20.7 Å². The van der Waals surface area contributed by atoms with Gasteiger partial charge in [0.25, 0.3) is 11.8 Å². The Kier molecular flexibility index (Phi) is 8.78. The number of nitrogens with one attached hydrogen (secondary N) is 3. The van der Waals surface area contributed by atoms with E-state index in [0.717, 1.165) is 0 Å². The molecule has 4 aromatic rings. The predicted octanol–water partition coefficient (Wildman–Crippen LogP) is 3.96. The summed E-state index contributed by atoms with van der Waals surface area (Å²) in [6, 6.07) is 21.2. The molecule has 2 aromatic carbocycles. The van der Waals surface area contributed by atoms with Crippen LogP contribution < -0.4 is 20.7 Å². The van der Waals surface area contributed by atoms with E-state index in [1.165, 1.54) is 12.3 Å². The Bertz CT molecular complexity index is 1360. The molecule has 0 saturated heterocycles. The molecule has 3 N–H and O–H groups in total. The van der Waals surface area contributed by atoms with E-state index in [9.17, 15) is 14.4 Å². The van der Waals surface area contributed by atoms with Crippen molar-refractivity contribution in [2.45, 2.75) is 19.6 Å². The molecular formula is C25H26N6O4Si. The summed E-state index contributed by atoms with van der Waals surface area (Å²) in [6.45, 7) is 6.14. The zero-order valence-electron chi connectivity index (χ0n) is 20.1. The Labute approximate surface area is 209 Å². The van der Waals surface area contributed by atoms with Crippen molar-refractivity contribution in [2.75, 3.05) is 10.6 Å². The molecule has 4 rings (SSSR count). The molecule has 11 heteroatoms. The van der Waals surface area contributed by atoms with Crippen LogP contribution in [0.15, 0.2) is 90.0 Å². The van der Waals surface area contributed by atoms with Gasteiger partial charge in [-0.1, -0.05) is 36.4 Å². The molecule has 2 amide bonds. The highest BCUT2D eigenvalue weighted by Crippen LogP contribution is 2.13. The summed E-state index contributed by atoms with van der Waals surface area (Å²) in [6.07, 6.45) is 2.91. The predicted molar refractivity (Wildman–Crippen MR) is 140 cm³/mol. The summed E-state index contributed by atoms with van der Waals surface area (Å²) in [4.78, 5) is 48.7. The van der Waals surface area contributed by atoms with E-state index in [1.807, 2.05) is 43.9 Å². The van der Waals surface area contributed by atoms with Crippen molar-refractivity contribution in [3.8, 4) is 6.01 Å². The van der Waals surface area contributed by atoms with Gasteiger partial charge in [-0.2, -0.15) is 4.98 Å². The second-order valence-electron chi connectivity index (χ2n) is 8.37. The minimum Gasteiger partial charge on any atom is -0.518 e. The van der Waals surface area contributed by atoms with Crippen molar-refractivity contribution >= 4 is 31.8 Å². The Balaban J connectivity index is 0.000000205. The molecular weight excluding hydrogens is 476 g/mol. The van der Waals surface area contributed by atoms with E-state index >= 15 is 0 Å². The number of aromatic nitrogens is 4. The van der Waals surface area contributed by atoms with Crippen LogP contribution in [0.25, 0.3) is 0 Å². The third-order valence-corrected chi connectivity index (χ3v) is 5.06. The zero-order chi connectivity index (χ0) is 26.0. The average Bonchev–Trinajstić information content (AvgIpc) is 2.85. The third-order valence-electron chi connectivity index (χ3n) is 4.27. The van der Waals surface area contributed by atoms with Crippen LogP contribution in [0.3, 0.4) is 0 Å². The van der Waals surface area contributed by atoms with E-state index in [0.29, 0.717) is 28.8 Å². The molecule has 0 fully saturated rings. The van der Waals surface area contributed by atoms with Gasteiger partial charge in [-0.25, -0.2) is 14.8 Å². The van der Waals surface area contributed by atoms with Gasteiger partial charge >= 0.3 is 11.7 Å². The standard InChI is InChI=1S/C14H17N3O2Si.C11H9N3O2/c1-20(2,3)19-14-15-10-9-12(17-14)16-13(18)11-7-5-4-6-8-11;15-10(8-4-2-1-3-5-8)13-9-6-7-12-11(16)14-9/h4-10H,1-3H3,(H,15,16,17,18);1-7H,(H2,12,13,14,15,16). The smallest absolute Gasteiger partial charge is 0.346 e. The number of nitrogens with zero attached hydrogens (tertiary/aromatic N) is 3. The summed E-state index contributed by atoms with van der Waals surface area (Å²) >= 11 is 0. The molecule has 0 bridgehead atoms. The second-order valence-corrected chi connectivity index (χ2v) is 12.8. The molecule has 0 atom stereocenters. The van der Waals surface area contributed by atoms with Gasteiger partial charge in [0, 0.05) is 23.5 Å². The Hall–Kier alpha value is -4.64. The quantitative estimate of drug-likeness (QED) is 0.339. The van der Waals surface area contributed by atoms with Crippen molar-refractivity contribution in [1.29, 1.82) is 0 Å². The number of H-pyrrole nitrogens is 1. The van der Waals surface area contributed by atoms with E-state index < -0.39 is 14.0 Å². The van der Waals surface area contributed by atoms with Crippen LogP contribution in [0.5, 0.6) is 6.01 Å². The topological polar surface area (TPSA) is 139 Å². The average molecular weight is 503 g/mol. The first-order valence-electron chi connectivity index (χ1n) is 11.0. The number of hydrogen-bond acceptors (Lipinski definition) is 7. The maximum atomic E-state index is 12.0. The third kappa shape index (κ3) is 8.61. The molecule has 184 valence electrons. The Morgan fingerprint density at radius 2 is 1.33 bits per heavy atom. The monoisotopic (exact) mass is 502 g/mol. The summed E-state index contributed by atoms with van der Waals surface area (Å²) in [5, 5.41) is 5.29. The Morgan fingerprint density at radius 3 is 1.89 bits per heavy atom.